The number of nitrogens with one attached hydrogen (secondary N) is 1. The Bertz CT molecular complexity index is 732. The lowest BCUT2D eigenvalue weighted by atomic mass is 10.2. The highest BCUT2D eigenvalue weighted by Gasteiger charge is 2.16. The van der Waals surface area contributed by atoms with Crippen molar-refractivity contribution in [3.63, 3.8) is 0 Å². The van der Waals surface area contributed by atoms with E-state index in [1.165, 1.54) is 11.3 Å². The molecule has 0 aliphatic carbocycles. The van der Waals surface area contributed by atoms with E-state index >= 15 is 0 Å². The summed E-state index contributed by atoms with van der Waals surface area (Å²) in [4.78, 5) is 0. The Morgan fingerprint density at radius 1 is 1.32 bits per heavy atom. The maximum atomic E-state index is 12.2. The SMILES string of the molecule is CC(C)CSc1nnc(NS(=O)(=O)Cc2ccccc2Cl)s1. The fourth-order valence-corrected chi connectivity index (χ4v) is 4.99. The quantitative estimate of drug-likeness (QED) is 0.741. The van der Waals surface area contributed by atoms with Crippen LogP contribution in [0.1, 0.15) is 19.4 Å². The lowest BCUT2D eigenvalue weighted by Crippen LogP contribution is -2.15. The summed E-state index contributed by atoms with van der Waals surface area (Å²) in [6.45, 7) is 4.22. The van der Waals surface area contributed by atoms with Crippen molar-refractivity contribution in [1.82, 2.24) is 10.2 Å². The summed E-state index contributed by atoms with van der Waals surface area (Å²) in [7, 11) is -3.56. The van der Waals surface area contributed by atoms with Crippen LogP contribution < -0.4 is 4.72 Å². The second kappa shape index (κ2) is 7.63. The number of hydrogen-bond donors (Lipinski definition) is 1. The van der Waals surface area contributed by atoms with Gasteiger partial charge in [-0.25, -0.2) is 8.42 Å². The average molecular weight is 378 g/mol. The molecular formula is C13H16ClN3O2S3. The molecule has 0 aliphatic rings. The van der Waals surface area contributed by atoms with Gasteiger partial charge >= 0.3 is 0 Å². The predicted octanol–water partition coefficient (Wildman–Crippen LogP) is 3.88. The van der Waals surface area contributed by atoms with E-state index in [4.69, 9.17) is 11.6 Å². The second-order valence-electron chi connectivity index (χ2n) is 5.03. The molecule has 0 saturated heterocycles. The van der Waals surface area contributed by atoms with Gasteiger partial charge in [0.15, 0.2) is 4.34 Å². The van der Waals surface area contributed by atoms with Gasteiger partial charge in [0, 0.05) is 10.8 Å². The Morgan fingerprint density at radius 3 is 2.73 bits per heavy atom. The molecule has 2 rings (SSSR count). The van der Waals surface area contributed by atoms with Gasteiger partial charge in [0.2, 0.25) is 15.2 Å². The molecule has 0 amide bonds. The van der Waals surface area contributed by atoms with E-state index in [-0.39, 0.29) is 10.9 Å². The van der Waals surface area contributed by atoms with Crippen LogP contribution in [0.4, 0.5) is 5.13 Å². The van der Waals surface area contributed by atoms with E-state index in [2.05, 4.69) is 28.8 Å². The summed E-state index contributed by atoms with van der Waals surface area (Å²) in [6.07, 6.45) is 0. The molecule has 9 heteroatoms. The van der Waals surface area contributed by atoms with Crippen LogP contribution in [-0.2, 0) is 15.8 Å². The largest absolute Gasteiger partial charge is 0.257 e. The van der Waals surface area contributed by atoms with Crippen molar-refractivity contribution >= 4 is 49.9 Å². The van der Waals surface area contributed by atoms with Crippen molar-refractivity contribution < 1.29 is 8.42 Å². The minimum atomic E-state index is -3.56. The molecule has 0 atom stereocenters. The Balaban J connectivity index is 2.01. The first-order valence-electron chi connectivity index (χ1n) is 6.56. The number of benzene rings is 1. The third-order valence-electron chi connectivity index (χ3n) is 2.49. The van der Waals surface area contributed by atoms with Crippen LogP contribution in [0.15, 0.2) is 28.6 Å². The van der Waals surface area contributed by atoms with Crippen molar-refractivity contribution in [3.05, 3.63) is 34.9 Å². The first kappa shape index (κ1) is 17.5. The van der Waals surface area contributed by atoms with Gasteiger partial charge in [-0.05, 0) is 17.5 Å². The zero-order valence-corrected chi connectivity index (χ0v) is 15.3. The number of hydrogen-bond acceptors (Lipinski definition) is 6. The maximum absolute atomic E-state index is 12.2. The van der Waals surface area contributed by atoms with Gasteiger partial charge in [-0.2, -0.15) is 0 Å². The molecular weight excluding hydrogens is 362 g/mol. The van der Waals surface area contributed by atoms with Crippen LogP contribution in [0.5, 0.6) is 0 Å². The van der Waals surface area contributed by atoms with Crippen LogP contribution in [0, 0.1) is 5.92 Å². The van der Waals surface area contributed by atoms with Crippen molar-refractivity contribution in [2.24, 2.45) is 5.92 Å². The smallest absolute Gasteiger partial charge is 0.238 e. The standard InChI is InChI=1S/C13H16ClN3O2S3/c1-9(2)7-20-13-16-15-12(21-13)17-22(18,19)8-10-5-3-4-6-11(10)14/h3-6,9H,7-8H2,1-2H3,(H,15,17). The van der Waals surface area contributed by atoms with Gasteiger partial charge in [0.1, 0.15) is 0 Å². The number of halogens is 1. The van der Waals surface area contributed by atoms with Crippen LogP contribution in [0.25, 0.3) is 0 Å². The third-order valence-corrected chi connectivity index (χ3v) is 6.58. The Hall–Kier alpha value is -0.830. The highest BCUT2D eigenvalue weighted by atomic mass is 35.5. The molecule has 1 aromatic heterocycles. The third kappa shape index (κ3) is 5.42. The van der Waals surface area contributed by atoms with Gasteiger partial charge in [-0.15, -0.1) is 10.2 Å². The van der Waals surface area contributed by atoms with Gasteiger partial charge in [-0.3, -0.25) is 4.72 Å². The molecule has 1 aromatic carbocycles. The highest BCUT2D eigenvalue weighted by molar-refractivity contribution is 8.01. The van der Waals surface area contributed by atoms with Crippen molar-refractivity contribution in [2.75, 3.05) is 10.5 Å². The van der Waals surface area contributed by atoms with Gasteiger partial charge in [0.05, 0.1) is 5.75 Å². The number of nitrogens with zero attached hydrogens (tertiary/aromatic N) is 2. The molecule has 0 radical (unpaired) electrons. The molecule has 120 valence electrons. The fraction of sp³-hybridized carbons (Fsp3) is 0.385. The second-order valence-corrected chi connectivity index (χ2v) is 9.40. The van der Waals surface area contributed by atoms with Crippen LogP contribution in [0.3, 0.4) is 0 Å². The summed E-state index contributed by atoms with van der Waals surface area (Å²) in [5.41, 5.74) is 0.551. The Morgan fingerprint density at radius 2 is 2.05 bits per heavy atom. The first-order chi connectivity index (χ1) is 10.4. The van der Waals surface area contributed by atoms with E-state index in [1.54, 1.807) is 36.0 Å². The van der Waals surface area contributed by atoms with Gasteiger partial charge in [-0.1, -0.05) is 66.7 Å². The van der Waals surface area contributed by atoms with Crippen LogP contribution in [-0.4, -0.2) is 24.4 Å². The maximum Gasteiger partial charge on any atom is 0.238 e. The molecule has 0 spiro atoms. The van der Waals surface area contributed by atoms with E-state index in [9.17, 15) is 8.42 Å². The van der Waals surface area contributed by atoms with Crippen LogP contribution >= 0.6 is 34.7 Å². The van der Waals surface area contributed by atoms with E-state index < -0.39 is 10.0 Å². The molecule has 2 aromatic rings. The summed E-state index contributed by atoms with van der Waals surface area (Å²) in [6, 6.07) is 6.86. The monoisotopic (exact) mass is 377 g/mol. The molecule has 0 saturated carbocycles. The summed E-state index contributed by atoms with van der Waals surface area (Å²) < 4.78 is 27.5. The number of sulfonamides is 1. The van der Waals surface area contributed by atoms with Crippen LogP contribution in [0.2, 0.25) is 5.02 Å². The van der Waals surface area contributed by atoms with Crippen molar-refractivity contribution in [2.45, 2.75) is 23.9 Å². The molecule has 0 aliphatic heterocycles. The number of rotatable bonds is 7. The van der Waals surface area contributed by atoms with Crippen molar-refractivity contribution in [3.8, 4) is 0 Å². The van der Waals surface area contributed by atoms with E-state index in [1.807, 2.05) is 0 Å². The number of thioether (sulfide) groups is 1. The molecule has 5 nitrogen and oxygen atoms in total. The topological polar surface area (TPSA) is 72.0 Å². The lowest BCUT2D eigenvalue weighted by Gasteiger charge is -2.06. The lowest BCUT2D eigenvalue weighted by molar-refractivity contribution is 0.600. The number of anilines is 1. The van der Waals surface area contributed by atoms with E-state index in [0.29, 0.717) is 16.5 Å². The zero-order valence-electron chi connectivity index (χ0n) is 12.1. The zero-order chi connectivity index (χ0) is 16.2. The predicted molar refractivity (Wildman–Crippen MR) is 93.2 cm³/mol. The van der Waals surface area contributed by atoms with Crippen molar-refractivity contribution in [1.29, 1.82) is 0 Å². The number of aromatic nitrogens is 2. The summed E-state index contributed by atoms with van der Waals surface area (Å²) in [5, 5.41) is 8.55. The van der Waals surface area contributed by atoms with Gasteiger partial charge in [0.25, 0.3) is 0 Å². The molecule has 0 bridgehead atoms. The summed E-state index contributed by atoms with van der Waals surface area (Å²) in [5.74, 6) is 1.26. The Labute approximate surface area is 143 Å². The minimum absolute atomic E-state index is 0.194. The highest BCUT2D eigenvalue weighted by Crippen LogP contribution is 2.28. The minimum Gasteiger partial charge on any atom is -0.257 e. The van der Waals surface area contributed by atoms with E-state index in [0.717, 1.165) is 10.1 Å². The summed E-state index contributed by atoms with van der Waals surface area (Å²) >= 11 is 8.79. The first-order valence-corrected chi connectivity index (χ1v) is 10.4. The molecule has 22 heavy (non-hydrogen) atoms. The average Bonchev–Trinajstić information content (AvgIpc) is 2.85. The molecule has 0 unspecified atom stereocenters. The molecule has 0 fully saturated rings. The Kier molecular flexibility index (Phi) is 6.08. The normalized spacial score (nSPS) is 11.8. The van der Waals surface area contributed by atoms with Gasteiger partial charge < -0.3 is 0 Å². The molecule has 1 N–H and O–H groups in total. The fourth-order valence-electron chi connectivity index (χ4n) is 1.54. The molecule has 1 heterocycles.